The fraction of sp³-hybridized carbons (Fsp3) is 0.833. The van der Waals surface area contributed by atoms with Gasteiger partial charge in [0, 0.05) is 13.0 Å². The third kappa shape index (κ3) is 2.05. The summed E-state index contributed by atoms with van der Waals surface area (Å²) < 4.78 is 5.31. The van der Waals surface area contributed by atoms with Crippen molar-refractivity contribution in [3.8, 4) is 0 Å². The molecule has 2 N–H and O–H groups in total. The van der Waals surface area contributed by atoms with E-state index in [1.807, 2.05) is 20.8 Å². The number of ether oxygens (including phenoxy) is 1. The lowest BCUT2D eigenvalue weighted by Gasteiger charge is -2.41. The van der Waals surface area contributed by atoms with Gasteiger partial charge in [0.05, 0.1) is 12.6 Å². The van der Waals surface area contributed by atoms with E-state index in [4.69, 9.17) is 4.74 Å². The highest BCUT2D eigenvalue weighted by Gasteiger charge is 2.61. The van der Waals surface area contributed by atoms with Crippen molar-refractivity contribution in [2.24, 2.45) is 11.3 Å². The Morgan fingerprint density at radius 1 is 1.33 bits per heavy atom. The highest BCUT2D eigenvalue weighted by atomic mass is 16.5. The third-order valence-electron chi connectivity index (χ3n) is 3.80. The maximum atomic E-state index is 11.6. The molecule has 0 aromatic carbocycles. The van der Waals surface area contributed by atoms with Gasteiger partial charge in [0.15, 0.2) is 0 Å². The summed E-state index contributed by atoms with van der Waals surface area (Å²) in [4.78, 5) is 23.8. The van der Waals surface area contributed by atoms with Gasteiger partial charge in [-0.15, -0.1) is 0 Å². The first-order chi connectivity index (χ1) is 8.06. The SMILES string of the molecule is CO[C@H]1CN(C(=O)O)[C@](C)(C(=O)O)C1C(C)(C)C. The summed E-state index contributed by atoms with van der Waals surface area (Å²) in [5, 5.41) is 18.7. The van der Waals surface area contributed by atoms with E-state index in [1.54, 1.807) is 0 Å². The van der Waals surface area contributed by atoms with Gasteiger partial charge in [-0.2, -0.15) is 0 Å². The smallest absolute Gasteiger partial charge is 0.408 e. The number of likely N-dealkylation sites (tertiary alicyclic amines) is 1. The molecule has 0 spiro atoms. The number of hydrogen-bond donors (Lipinski definition) is 2. The van der Waals surface area contributed by atoms with Crippen LogP contribution in [0.1, 0.15) is 27.7 Å². The highest BCUT2D eigenvalue weighted by molar-refractivity contribution is 5.85. The van der Waals surface area contributed by atoms with Crippen LogP contribution >= 0.6 is 0 Å². The van der Waals surface area contributed by atoms with E-state index in [9.17, 15) is 19.8 Å². The van der Waals surface area contributed by atoms with Crippen molar-refractivity contribution in [1.82, 2.24) is 4.90 Å². The zero-order valence-electron chi connectivity index (χ0n) is 11.4. The van der Waals surface area contributed by atoms with E-state index in [1.165, 1.54) is 14.0 Å². The zero-order valence-corrected chi connectivity index (χ0v) is 11.4. The van der Waals surface area contributed by atoms with Gasteiger partial charge < -0.3 is 14.9 Å². The van der Waals surface area contributed by atoms with Gasteiger partial charge in [-0.1, -0.05) is 20.8 Å². The topological polar surface area (TPSA) is 87.1 Å². The van der Waals surface area contributed by atoms with E-state index in [2.05, 4.69) is 0 Å². The van der Waals surface area contributed by atoms with Gasteiger partial charge in [-0.25, -0.2) is 9.59 Å². The molecule has 0 radical (unpaired) electrons. The molecule has 0 saturated carbocycles. The second-order valence-corrected chi connectivity index (χ2v) is 5.96. The van der Waals surface area contributed by atoms with Crippen molar-refractivity contribution in [3.63, 3.8) is 0 Å². The van der Waals surface area contributed by atoms with Crippen molar-refractivity contribution in [3.05, 3.63) is 0 Å². The van der Waals surface area contributed by atoms with Gasteiger partial charge >= 0.3 is 12.1 Å². The predicted octanol–water partition coefficient (Wildman–Crippen LogP) is 1.50. The summed E-state index contributed by atoms with van der Waals surface area (Å²) in [5.74, 6) is -1.55. The minimum Gasteiger partial charge on any atom is -0.479 e. The lowest BCUT2D eigenvalue weighted by molar-refractivity contribution is -0.153. The van der Waals surface area contributed by atoms with Crippen LogP contribution in [0.5, 0.6) is 0 Å². The van der Waals surface area contributed by atoms with Gasteiger partial charge in [0.2, 0.25) is 0 Å². The number of amides is 1. The van der Waals surface area contributed by atoms with Crippen molar-refractivity contribution in [1.29, 1.82) is 0 Å². The van der Waals surface area contributed by atoms with Gasteiger partial charge in [0.25, 0.3) is 0 Å². The number of rotatable bonds is 2. The van der Waals surface area contributed by atoms with Crippen LogP contribution in [-0.2, 0) is 9.53 Å². The van der Waals surface area contributed by atoms with Crippen LogP contribution in [0.3, 0.4) is 0 Å². The Bertz CT molecular complexity index is 362. The van der Waals surface area contributed by atoms with Gasteiger partial charge in [0.1, 0.15) is 5.54 Å². The quantitative estimate of drug-likeness (QED) is 0.784. The summed E-state index contributed by atoms with van der Waals surface area (Å²) >= 11 is 0. The van der Waals surface area contributed by atoms with Gasteiger partial charge in [-0.3, -0.25) is 4.90 Å². The molecule has 1 amide bonds. The van der Waals surface area contributed by atoms with Crippen LogP contribution in [-0.4, -0.2) is 52.5 Å². The standard InChI is InChI=1S/C12H21NO5/c1-11(2,3)8-7(18-5)6-13(10(16)17)12(8,4)9(14)15/h7-8H,6H2,1-5H3,(H,14,15)(H,16,17)/t7-,8?,12-/m0/s1. The van der Waals surface area contributed by atoms with Crippen molar-refractivity contribution < 1.29 is 24.5 Å². The van der Waals surface area contributed by atoms with E-state index in [-0.39, 0.29) is 12.0 Å². The van der Waals surface area contributed by atoms with Crippen LogP contribution in [0.15, 0.2) is 0 Å². The third-order valence-corrected chi connectivity index (χ3v) is 3.80. The highest BCUT2D eigenvalue weighted by Crippen LogP contribution is 2.46. The molecule has 1 fully saturated rings. The second kappa shape index (κ2) is 4.42. The monoisotopic (exact) mass is 259 g/mol. The molecule has 0 bridgehead atoms. The fourth-order valence-corrected chi connectivity index (χ4v) is 3.14. The van der Waals surface area contributed by atoms with Crippen LogP contribution in [0, 0.1) is 11.3 Å². The first-order valence-electron chi connectivity index (χ1n) is 5.83. The molecule has 18 heavy (non-hydrogen) atoms. The van der Waals surface area contributed by atoms with Crippen molar-refractivity contribution in [2.75, 3.05) is 13.7 Å². The first-order valence-corrected chi connectivity index (χ1v) is 5.83. The molecule has 6 heteroatoms. The summed E-state index contributed by atoms with van der Waals surface area (Å²) in [6, 6.07) is 0. The number of aliphatic carboxylic acids is 1. The second-order valence-electron chi connectivity index (χ2n) is 5.96. The van der Waals surface area contributed by atoms with Crippen molar-refractivity contribution >= 4 is 12.1 Å². The number of carboxylic acids is 1. The maximum Gasteiger partial charge on any atom is 0.408 e. The summed E-state index contributed by atoms with van der Waals surface area (Å²) in [6.07, 6.45) is -1.64. The Morgan fingerprint density at radius 3 is 2.11 bits per heavy atom. The normalized spacial score (nSPS) is 32.6. The zero-order chi connectivity index (χ0) is 14.3. The minimum absolute atomic E-state index is 0.0799. The fourth-order valence-electron chi connectivity index (χ4n) is 3.14. The number of methoxy groups -OCH3 is 1. The Morgan fingerprint density at radius 2 is 1.83 bits per heavy atom. The van der Waals surface area contributed by atoms with Crippen LogP contribution in [0.2, 0.25) is 0 Å². The molecule has 1 saturated heterocycles. The minimum atomic E-state index is -1.47. The predicted molar refractivity (Wildman–Crippen MR) is 64.5 cm³/mol. The van der Waals surface area contributed by atoms with E-state index >= 15 is 0 Å². The molecule has 0 aromatic heterocycles. The lowest BCUT2D eigenvalue weighted by atomic mass is 9.69. The van der Waals surface area contributed by atoms with E-state index in [0.717, 1.165) is 4.90 Å². The van der Waals surface area contributed by atoms with E-state index in [0.29, 0.717) is 0 Å². The maximum absolute atomic E-state index is 11.6. The largest absolute Gasteiger partial charge is 0.479 e. The van der Waals surface area contributed by atoms with Crippen molar-refractivity contribution in [2.45, 2.75) is 39.3 Å². The number of carbonyl (C=O) groups is 2. The van der Waals surface area contributed by atoms with Gasteiger partial charge in [-0.05, 0) is 12.3 Å². The van der Waals surface area contributed by atoms with Crippen LogP contribution < -0.4 is 0 Å². The molecule has 104 valence electrons. The van der Waals surface area contributed by atoms with Crippen LogP contribution in [0.25, 0.3) is 0 Å². The Balaban J connectivity index is 3.34. The van der Waals surface area contributed by atoms with E-state index < -0.39 is 29.6 Å². The number of nitrogens with zero attached hydrogens (tertiary/aromatic N) is 1. The Kier molecular flexibility index (Phi) is 3.63. The number of hydrogen-bond acceptors (Lipinski definition) is 3. The molecule has 1 rings (SSSR count). The lowest BCUT2D eigenvalue weighted by Crippen LogP contribution is -2.57. The molecule has 1 aliphatic heterocycles. The first kappa shape index (κ1) is 14.8. The Hall–Kier alpha value is -1.30. The Labute approximate surface area is 107 Å². The molecule has 1 aliphatic rings. The van der Waals surface area contributed by atoms with Crippen LogP contribution in [0.4, 0.5) is 4.79 Å². The average molecular weight is 259 g/mol. The molecular formula is C12H21NO5. The molecule has 1 unspecified atom stereocenters. The molecular weight excluding hydrogens is 238 g/mol. The molecule has 6 nitrogen and oxygen atoms in total. The number of carboxylic acid groups (broad SMARTS) is 2. The summed E-state index contributed by atoms with van der Waals surface area (Å²) in [5.41, 5.74) is -1.84. The molecule has 0 aliphatic carbocycles. The summed E-state index contributed by atoms with van der Waals surface area (Å²) in [7, 11) is 1.48. The molecule has 0 aromatic rings. The molecule has 3 atom stereocenters. The summed E-state index contributed by atoms with van der Waals surface area (Å²) in [6.45, 7) is 7.23. The average Bonchev–Trinajstić information content (AvgIpc) is 2.52. The molecule has 1 heterocycles.